The van der Waals surface area contributed by atoms with Gasteiger partial charge in [0.1, 0.15) is 6.61 Å². The van der Waals surface area contributed by atoms with Gasteiger partial charge in [0.05, 0.1) is 6.10 Å². The van der Waals surface area contributed by atoms with E-state index in [0.29, 0.717) is 6.54 Å². The summed E-state index contributed by atoms with van der Waals surface area (Å²) < 4.78 is 5.57. The number of aryl methyl sites for hydroxylation is 1. The first-order valence-electron chi connectivity index (χ1n) is 8.05. The van der Waals surface area contributed by atoms with Crippen LogP contribution in [-0.4, -0.2) is 62.8 Å². The maximum absolute atomic E-state index is 11.1. The summed E-state index contributed by atoms with van der Waals surface area (Å²) in [6.07, 6.45) is 0.130. The molecule has 0 bridgehead atoms. The smallest absolute Gasteiger partial charge is 0.246 e. The van der Waals surface area contributed by atoms with Crippen molar-refractivity contribution >= 4 is 11.6 Å². The Morgan fingerprint density at radius 3 is 2.68 bits per heavy atom. The minimum Gasteiger partial charge on any atom is -0.369 e. The maximum Gasteiger partial charge on any atom is 0.246 e. The molecule has 0 radical (unpaired) electrons. The van der Waals surface area contributed by atoms with Crippen LogP contribution in [0.25, 0.3) is 0 Å². The average molecular weight is 303 g/mol. The third-order valence-corrected chi connectivity index (χ3v) is 4.73. The largest absolute Gasteiger partial charge is 0.369 e. The Morgan fingerprint density at radius 2 is 2.00 bits per heavy atom. The molecule has 5 nitrogen and oxygen atoms in total. The van der Waals surface area contributed by atoms with Crippen LogP contribution in [0.15, 0.2) is 18.2 Å². The fraction of sp³-hybridized carbons (Fsp3) is 0.588. The van der Waals surface area contributed by atoms with Crippen molar-refractivity contribution in [3.05, 3.63) is 29.3 Å². The second-order valence-electron chi connectivity index (χ2n) is 6.24. The van der Waals surface area contributed by atoms with Crippen molar-refractivity contribution in [3.8, 4) is 0 Å². The molecule has 1 N–H and O–H groups in total. The average Bonchev–Trinajstić information content (AvgIpc) is 2.53. The SMILES string of the molecule is Cc1cccc(N2CCN(CC3CNC(=O)CO3)CC2)c1C. The van der Waals surface area contributed by atoms with Crippen LogP contribution in [-0.2, 0) is 9.53 Å². The molecule has 2 fully saturated rings. The highest BCUT2D eigenvalue weighted by Gasteiger charge is 2.24. The molecule has 2 aliphatic rings. The number of hydrogen-bond acceptors (Lipinski definition) is 4. The van der Waals surface area contributed by atoms with Crippen molar-refractivity contribution in [3.63, 3.8) is 0 Å². The van der Waals surface area contributed by atoms with Crippen LogP contribution in [0.4, 0.5) is 5.69 Å². The Labute approximate surface area is 132 Å². The van der Waals surface area contributed by atoms with Crippen molar-refractivity contribution in [1.82, 2.24) is 10.2 Å². The number of hydrogen-bond donors (Lipinski definition) is 1. The molecule has 1 atom stereocenters. The predicted octanol–water partition coefficient (Wildman–Crippen LogP) is 0.940. The number of carbonyl (C=O) groups is 1. The quantitative estimate of drug-likeness (QED) is 0.903. The molecule has 2 saturated heterocycles. The number of ether oxygens (including phenoxy) is 1. The third-order valence-electron chi connectivity index (χ3n) is 4.73. The van der Waals surface area contributed by atoms with Crippen LogP contribution >= 0.6 is 0 Å². The second-order valence-corrected chi connectivity index (χ2v) is 6.24. The minimum absolute atomic E-state index is 0.00371. The molecule has 0 aromatic heterocycles. The third kappa shape index (κ3) is 3.42. The van der Waals surface area contributed by atoms with Crippen molar-refractivity contribution in [1.29, 1.82) is 0 Å². The molecule has 3 rings (SSSR count). The normalized spacial score (nSPS) is 23.5. The zero-order valence-electron chi connectivity index (χ0n) is 13.5. The van der Waals surface area contributed by atoms with Gasteiger partial charge in [-0.3, -0.25) is 9.69 Å². The lowest BCUT2D eigenvalue weighted by molar-refractivity contribution is -0.133. The summed E-state index contributed by atoms with van der Waals surface area (Å²) in [4.78, 5) is 16.0. The summed E-state index contributed by atoms with van der Waals surface area (Å²) in [5, 5.41) is 2.87. The summed E-state index contributed by atoms with van der Waals surface area (Å²) in [6, 6.07) is 6.53. The van der Waals surface area contributed by atoms with E-state index >= 15 is 0 Å². The van der Waals surface area contributed by atoms with E-state index in [9.17, 15) is 4.79 Å². The van der Waals surface area contributed by atoms with E-state index in [2.05, 4.69) is 47.2 Å². The van der Waals surface area contributed by atoms with E-state index < -0.39 is 0 Å². The monoisotopic (exact) mass is 303 g/mol. The van der Waals surface area contributed by atoms with Crippen LogP contribution in [0.3, 0.4) is 0 Å². The van der Waals surface area contributed by atoms with Gasteiger partial charge in [-0.05, 0) is 31.0 Å². The number of piperazine rings is 1. The van der Waals surface area contributed by atoms with Gasteiger partial charge in [0.25, 0.3) is 0 Å². The highest BCUT2D eigenvalue weighted by molar-refractivity contribution is 5.77. The molecule has 0 aliphatic carbocycles. The summed E-state index contributed by atoms with van der Waals surface area (Å²) in [6.45, 7) is 10.3. The number of anilines is 1. The van der Waals surface area contributed by atoms with Crippen LogP contribution in [0.1, 0.15) is 11.1 Å². The molecule has 1 aromatic rings. The Hall–Kier alpha value is -1.59. The van der Waals surface area contributed by atoms with E-state index in [1.807, 2.05) is 0 Å². The van der Waals surface area contributed by atoms with E-state index in [1.54, 1.807) is 0 Å². The topological polar surface area (TPSA) is 44.8 Å². The van der Waals surface area contributed by atoms with Gasteiger partial charge >= 0.3 is 0 Å². The molecule has 120 valence electrons. The van der Waals surface area contributed by atoms with Gasteiger partial charge in [0.15, 0.2) is 0 Å². The predicted molar refractivity (Wildman–Crippen MR) is 87.3 cm³/mol. The lowest BCUT2D eigenvalue weighted by Crippen LogP contribution is -2.53. The van der Waals surface area contributed by atoms with Gasteiger partial charge in [0, 0.05) is 45.0 Å². The second kappa shape index (κ2) is 6.67. The highest BCUT2D eigenvalue weighted by Crippen LogP contribution is 2.23. The summed E-state index contributed by atoms with van der Waals surface area (Å²) >= 11 is 0. The first-order chi connectivity index (χ1) is 10.6. The van der Waals surface area contributed by atoms with Crippen molar-refractivity contribution in [2.24, 2.45) is 0 Å². The van der Waals surface area contributed by atoms with Crippen molar-refractivity contribution in [2.45, 2.75) is 20.0 Å². The number of morpholine rings is 1. The van der Waals surface area contributed by atoms with Crippen LogP contribution in [0.5, 0.6) is 0 Å². The van der Waals surface area contributed by atoms with Gasteiger partial charge in [-0.25, -0.2) is 0 Å². The van der Waals surface area contributed by atoms with Gasteiger partial charge in [0.2, 0.25) is 5.91 Å². The lowest BCUT2D eigenvalue weighted by atomic mass is 10.1. The summed E-state index contributed by atoms with van der Waals surface area (Å²) in [7, 11) is 0. The van der Waals surface area contributed by atoms with Crippen LogP contribution in [0.2, 0.25) is 0 Å². The molecule has 0 spiro atoms. The first kappa shape index (κ1) is 15.3. The molecule has 5 heteroatoms. The van der Waals surface area contributed by atoms with E-state index in [4.69, 9.17) is 4.74 Å². The Balaban J connectivity index is 1.52. The number of benzene rings is 1. The number of rotatable bonds is 3. The Morgan fingerprint density at radius 1 is 1.23 bits per heavy atom. The molecule has 1 unspecified atom stereocenters. The summed E-state index contributed by atoms with van der Waals surface area (Å²) in [5.41, 5.74) is 4.10. The molecule has 2 aliphatic heterocycles. The molecule has 1 aromatic carbocycles. The molecule has 2 heterocycles. The van der Waals surface area contributed by atoms with Crippen LogP contribution in [0, 0.1) is 13.8 Å². The van der Waals surface area contributed by atoms with Crippen molar-refractivity contribution in [2.75, 3.05) is 50.8 Å². The Bertz CT molecular complexity index is 529. The molecular weight excluding hydrogens is 278 g/mol. The van der Waals surface area contributed by atoms with E-state index in [-0.39, 0.29) is 18.6 Å². The van der Waals surface area contributed by atoms with Gasteiger partial charge in [-0.2, -0.15) is 0 Å². The lowest BCUT2D eigenvalue weighted by Gasteiger charge is -2.38. The Kier molecular flexibility index (Phi) is 4.64. The molecule has 22 heavy (non-hydrogen) atoms. The highest BCUT2D eigenvalue weighted by atomic mass is 16.5. The molecule has 1 amide bonds. The molecule has 0 saturated carbocycles. The minimum atomic E-state index is -0.00371. The zero-order valence-corrected chi connectivity index (χ0v) is 13.5. The first-order valence-corrected chi connectivity index (χ1v) is 8.05. The van der Waals surface area contributed by atoms with Gasteiger partial charge in [-0.15, -0.1) is 0 Å². The number of carbonyl (C=O) groups excluding carboxylic acids is 1. The number of amides is 1. The molecular formula is C17H25N3O2. The van der Waals surface area contributed by atoms with E-state index in [1.165, 1.54) is 16.8 Å². The summed E-state index contributed by atoms with van der Waals surface area (Å²) in [5.74, 6) is -0.00371. The number of nitrogens with zero attached hydrogens (tertiary/aromatic N) is 2. The zero-order chi connectivity index (χ0) is 15.5. The van der Waals surface area contributed by atoms with Crippen LogP contribution < -0.4 is 10.2 Å². The fourth-order valence-electron chi connectivity index (χ4n) is 3.19. The maximum atomic E-state index is 11.1. The number of nitrogens with one attached hydrogen (secondary N) is 1. The fourth-order valence-corrected chi connectivity index (χ4v) is 3.19. The van der Waals surface area contributed by atoms with Crippen molar-refractivity contribution < 1.29 is 9.53 Å². The standard InChI is InChI=1S/C17H25N3O2/c1-13-4-3-5-16(14(13)2)20-8-6-19(7-9-20)11-15-10-18-17(21)12-22-15/h3-5,15H,6-12H2,1-2H3,(H,18,21). The van der Waals surface area contributed by atoms with Gasteiger partial charge < -0.3 is 15.0 Å². The van der Waals surface area contributed by atoms with E-state index in [0.717, 1.165) is 32.7 Å². The van der Waals surface area contributed by atoms with Gasteiger partial charge in [-0.1, -0.05) is 12.1 Å².